The maximum Gasteiger partial charge on any atom is 0.411 e. The maximum atomic E-state index is 11.9. The summed E-state index contributed by atoms with van der Waals surface area (Å²) in [7, 11) is 0. The summed E-state index contributed by atoms with van der Waals surface area (Å²) in [4.78, 5) is 0. The molecule has 1 rings (SSSR count). The molecule has 0 amide bonds. The maximum absolute atomic E-state index is 11.9. The Kier molecular flexibility index (Phi) is 5.46. The lowest BCUT2D eigenvalue weighted by molar-refractivity contribution is -0.175. The molecule has 1 fully saturated rings. The molecule has 0 heterocycles. The molecule has 2 N–H and O–H groups in total. The van der Waals surface area contributed by atoms with E-state index in [4.69, 9.17) is 5.73 Å². The second-order valence-corrected chi connectivity index (χ2v) is 5.86. The Morgan fingerprint density at radius 3 is 2.28 bits per heavy atom. The van der Waals surface area contributed by atoms with Gasteiger partial charge in [-0.25, -0.2) is 0 Å². The van der Waals surface area contributed by atoms with E-state index in [9.17, 15) is 13.2 Å². The van der Waals surface area contributed by atoms with E-state index in [1.807, 2.05) is 0 Å². The van der Waals surface area contributed by atoms with Crippen LogP contribution in [-0.2, 0) is 4.74 Å². The number of hydrogen-bond acceptors (Lipinski definition) is 2. The zero-order valence-corrected chi connectivity index (χ0v) is 11.2. The fraction of sp³-hybridized carbons (Fsp3) is 1.00. The van der Waals surface area contributed by atoms with Gasteiger partial charge in [0.25, 0.3) is 0 Å². The summed E-state index contributed by atoms with van der Waals surface area (Å²) >= 11 is 0. The van der Waals surface area contributed by atoms with Crippen molar-refractivity contribution in [1.82, 2.24) is 0 Å². The minimum Gasteiger partial charge on any atom is -0.372 e. The first kappa shape index (κ1) is 15.8. The van der Waals surface area contributed by atoms with Gasteiger partial charge in [0.15, 0.2) is 0 Å². The molecule has 0 radical (unpaired) electrons. The van der Waals surface area contributed by atoms with Crippen LogP contribution in [0.15, 0.2) is 0 Å². The highest BCUT2D eigenvalue weighted by molar-refractivity contribution is 4.90. The first-order chi connectivity index (χ1) is 8.22. The standard InChI is InChI=1S/C13H24F3NO/c1-10(2)11-3-5-12(17,6-4-11)7-8-18-9-13(14,15)16/h10-11H,3-9,17H2,1-2H3. The molecule has 2 nitrogen and oxygen atoms in total. The Balaban J connectivity index is 2.22. The number of rotatable bonds is 5. The van der Waals surface area contributed by atoms with Crippen LogP contribution >= 0.6 is 0 Å². The van der Waals surface area contributed by atoms with Gasteiger partial charge in [-0.05, 0) is 43.9 Å². The quantitative estimate of drug-likeness (QED) is 0.774. The summed E-state index contributed by atoms with van der Waals surface area (Å²) < 4.78 is 40.3. The smallest absolute Gasteiger partial charge is 0.372 e. The fourth-order valence-corrected chi connectivity index (χ4v) is 2.60. The molecule has 1 aliphatic rings. The van der Waals surface area contributed by atoms with Gasteiger partial charge in [-0.2, -0.15) is 13.2 Å². The second-order valence-electron chi connectivity index (χ2n) is 5.86. The molecular weight excluding hydrogens is 243 g/mol. The number of ether oxygens (including phenoxy) is 1. The topological polar surface area (TPSA) is 35.2 Å². The van der Waals surface area contributed by atoms with Gasteiger partial charge in [0.1, 0.15) is 6.61 Å². The summed E-state index contributed by atoms with van der Waals surface area (Å²) in [5, 5.41) is 0. The lowest BCUT2D eigenvalue weighted by Gasteiger charge is -2.38. The van der Waals surface area contributed by atoms with Crippen LogP contribution in [0.4, 0.5) is 13.2 Å². The first-order valence-electron chi connectivity index (χ1n) is 6.65. The summed E-state index contributed by atoms with van der Waals surface area (Å²) in [6, 6.07) is 0. The van der Waals surface area contributed by atoms with Crippen LogP contribution in [0.2, 0.25) is 0 Å². The lowest BCUT2D eigenvalue weighted by Crippen LogP contribution is -2.45. The van der Waals surface area contributed by atoms with Crippen LogP contribution in [0, 0.1) is 11.8 Å². The fourth-order valence-electron chi connectivity index (χ4n) is 2.60. The highest BCUT2D eigenvalue weighted by Gasteiger charge is 2.33. The number of nitrogens with two attached hydrogens (primary N) is 1. The molecule has 0 saturated heterocycles. The molecule has 0 aromatic carbocycles. The monoisotopic (exact) mass is 267 g/mol. The van der Waals surface area contributed by atoms with Gasteiger partial charge >= 0.3 is 6.18 Å². The summed E-state index contributed by atoms with van der Waals surface area (Å²) in [5.41, 5.74) is 5.89. The minimum absolute atomic E-state index is 0.0996. The van der Waals surface area contributed by atoms with E-state index in [2.05, 4.69) is 18.6 Å². The van der Waals surface area contributed by atoms with Crippen LogP contribution in [0.5, 0.6) is 0 Å². The van der Waals surface area contributed by atoms with Crippen LogP contribution in [-0.4, -0.2) is 24.9 Å². The average molecular weight is 267 g/mol. The zero-order valence-electron chi connectivity index (χ0n) is 11.2. The largest absolute Gasteiger partial charge is 0.411 e. The van der Waals surface area contributed by atoms with Crippen molar-refractivity contribution >= 4 is 0 Å². The third-order valence-corrected chi connectivity index (χ3v) is 3.98. The van der Waals surface area contributed by atoms with Crippen molar-refractivity contribution in [2.45, 2.75) is 57.7 Å². The first-order valence-corrected chi connectivity index (χ1v) is 6.65. The van der Waals surface area contributed by atoms with Gasteiger partial charge in [-0.3, -0.25) is 0 Å². The van der Waals surface area contributed by atoms with Crippen molar-refractivity contribution in [2.75, 3.05) is 13.2 Å². The molecule has 0 atom stereocenters. The van der Waals surface area contributed by atoms with E-state index in [-0.39, 0.29) is 12.1 Å². The minimum atomic E-state index is -4.24. The van der Waals surface area contributed by atoms with E-state index >= 15 is 0 Å². The molecule has 0 bridgehead atoms. The summed E-state index contributed by atoms with van der Waals surface area (Å²) in [5.74, 6) is 1.37. The van der Waals surface area contributed by atoms with Gasteiger partial charge in [0.05, 0.1) is 0 Å². The Morgan fingerprint density at radius 2 is 1.83 bits per heavy atom. The van der Waals surface area contributed by atoms with Gasteiger partial charge in [0.2, 0.25) is 0 Å². The van der Waals surface area contributed by atoms with Crippen LogP contribution < -0.4 is 5.73 Å². The molecule has 0 aromatic rings. The molecule has 0 aliphatic heterocycles. The van der Waals surface area contributed by atoms with Gasteiger partial charge in [0, 0.05) is 12.1 Å². The molecule has 5 heteroatoms. The zero-order chi connectivity index (χ0) is 13.8. The Hall–Kier alpha value is -0.290. The van der Waals surface area contributed by atoms with Crippen molar-refractivity contribution in [3.8, 4) is 0 Å². The highest BCUT2D eigenvalue weighted by atomic mass is 19.4. The third kappa shape index (κ3) is 5.57. The van der Waals surface area contributed by atoms with Gasteiger partial charge < -0.3 is 10.5 Å². The third-order valence-electron chi connectivity index (χ3n) is 3.98. The normalized spacial score (nSPS) is 29.8. The lowest BCUT2D eigenvalue weighted by atomic mass is 9.72. The van der Waals surface area contributed by atoms with E-state index in [0.717, 1.165) is 25.7 Å². The Labute approximate surface area is 107 Å². The summed E-state index contributed by atoms with van der Waals surface area (Å²) in [6.45, 7) is 3.35. The number of halogens is 3. The van der Waals surface area contributed by atoms with Crippen molar-refractivity contribution in [3.63, 3.8) is 0 Å². The van der Waals surface area contributed by atoms with E-state index in [1.165, 1.54) is 0 Å². The number of hydrogen-bond donors (Lipinski definition) is 1. The predicted molar refractivity (Wildman–Crippen MR) is 65.2 cm³/mol. The van der Waals surface area contributed by atoms with E-state index in [1.54, 1.807) is 0 Å². The van der Waals surface area contributed by atoms with Crippen molar-refractivity contribution in [3.05, 3.63) is 0 Å². The predicted octanol–water partition coefficient (Wildman–Crippen LogP) is 3.50. The van der Waals surface area contributed by atoms with Gasteiger partial charge in [-0.1, -0.05) is 13.8 Å². The van der Waals surface area contributed by atoms with Crippen LogP contribution in [0.1, 0.15) is 46.0 Å². The van der Waals surface area contributed by atoms with Gasteiger partial charge in [-0.15, -0.1) is 0 Å². The second kappa shape index (κ2) is 6.24. The molecule has 1 saturated carbocycles. The SMILES string of the molecule is CC(C)C1CCC(N)(CCOCC(F)(F)F)CC1. The van der Waals surface area contributed by atoms with Crippen LogP contribution in [0.25, 0.3) is 0 Å². The Bertz CT molecular complexity index is 245. The average Bonchev–Trinajstić information content (AvgIpc) is 2.24. The number of alkyl halides is 3. The molecule has 1 aliphatic carbocycles. The van der Waals surface area contributed by atoms with Crippen molar-refractivity contribution in [2.24, 2.45) is 17.6 Å². The molecule has 0 aromatic heterocycles. The van der Waals surface area contributed by atoms with Crippen LogP contribution in [0.3, 0.4) is 0 Å². The van der Waals surface area contributed by atoms with E-state index < -0.39 is 12.8 Å². The van der Waals surface area contributed by atoms with Crippen molar-refractivity contribution < 1.29 is 17.9 Å². The highest BCUT2D eigenvalue weighted by Crippen LogP contribution is 2.36. The molecule has 0 unspecified atom stereocenters. The molecule has 108 valence electrons. The Morgan fingerprint density at radius 1 is 1.28 bits per heavy atom. The van der Waals surface area contributed by atoms with Crippen molar-refractivity contribution in [1.29, 1.82) is 0 Å². The van der Waals surface area contributed by atoms with E-state index in [0.29, 0.717) is 18.3 Å². The molecule has 0 spiro atoms. The molecular formula is C13H24F3NO. The summed E-state index contributed by atoms with van der Waals surface area (Å²) in [6.07, 6.45) is 0.224. The molecule has 18 heavy (non-hydrogen) atoms.